The minimum atomic E-state index is -0.847. The zero-order chi connectivity index (χ0) is 21.0. The van der Waals surface area contributed by atoms with Crippen LogP contribution in [0, 0.1) is 0 Å². The molecule has 2 aromatic rings. The van der Waals surface area contributed by atoms with Crippen LogP contribution in [0.2, 0.25) is 15.1 Å². The Kier molecular flexibility index (Phi) is 7.76. The third-order valence-corrected chi connectivity index (χ3v) is 5.70. The summed E-state index contributed by atoms with van der Waals surface area (Å²) in [6.07, 6.45) is -1.63. The second-order valence-electron chi connectivity index (χ2n) is 6.90. The number of nitrogens with one attached hydrogen (secondary N) is 3. The van der Waals surface area contributed by atoms with E-state index < -0.39 is 18.1 Å². The average molecular weight is 459 g/mol. The highest BCUT2D eigenvalue weighted by Crippen LogP contribution is 2.29. The summed E-state index contributed by atoms with van der Waals surface area (Å²) in [7, 11) is 0. The lowest BCUT2D eigenvalue weighted by atomic mass is 10.1. The van der Waals surface area contributed by atoms with Crippen LogP contribution in [0.4, 0.5) is 0 Å². The van der Waals surface area contributed by atoms with Gasteiger partial charge in [-0.3, -0.25) is 4.79 Å². The van der Waals surface area contributed by atoms with E-state index in [1.807, 2.05) is 30.3 Å². The van der Waals surface area contributed by atoms with E-state index in [1.54, 1.807) is 0 Å². The standard InChI is InChI=1S/C20H22Cl3N3O3/c21-12-6-13(22)18(14(23)7-12)20(29)26-8-15(11-4-2-1-3-5-11)24-9-16-19(28)17(27)10-25-16/h1-7,15-17,19,24-25,27-28H,8-10H2,(H,26,29)/t15-,16+,17-,19+/m0/s1. The van der Waals surface area contributed by atoms with Gasteiger partial charge in [-0.05, 0) is 17.7 Å². The van der Waals surface area contributed by atoms with E-state index in [2.05, 4.69) is 16.0 Å². The second kappa shape index (κ2) is 10.1. The zero-order valence-electron chi connectivity index (χ0n) is 15.4. The third kappa shape index (κ3) is 5.61. The van der Waals surface area contributed by atoms with Crippen LogP contribution in [0.25, 0.3) is 0 Å². The number of carbonyl (C=O) groups is 1. The van der Waals surface area contributed by atoms with E-state index in [1.165, 1.54) is 12.1 Å². The molecule has 0 unspecified atom stereocenters. The molecule has 0 spiro atoms. The second-order valence-corrected chi connectivity index (χ2v) is 8.15. The summed E-state index contributed by atoms with van der Waals surface area (Å²) in [4.78, 5) is 12.7. The summed E-state index contributed by atoms with van der Waals surface area (Å²) in [5.74, 6) is -0.408. The van der Waals surface area contributed by atoms with Crippen LogP contribution < -0.4 is 16.0 Å². The molecule has 5 N–H and O–H groups in total. The number of halogens is 3. The van der Waals surface area contributed by atoms with Gasteiger partial charge >= 0.3 is 0 Å². The summed E-state index contributed by atoms with van der Waals surface area (Å²) in [5, 5.41) is 29.7. The molecule has 0 aliphatic carbocycles. The van der Waals surface area contributed by atoms with Crippen molar-refractivity contribution in [2.75, 3.05) is 19.6 Å². The molecular weight excluding hydrogens is 437 g/mol. The smallest absolute Gasteiger partial charge is 0.254 e. The number of aliphatic hydroxyl groups excluding tert-OH is 2. The van der Waals surface area contributed by atoms with E-state index in [9.17, 15) is 15.0 Å². The number of rotatable bonds is 7. The number of β-amino-alcohol motifs (C(OH)–C–C–N with tert-alkyl or cyclic N) is 1. The Morgan fingerprint density at radius 1 is 1.14 bits per heavy atom. The van der Waals surface area contributed by atoms with Gasteiger partial charge in [0, 0.05) is 36.7 Å². The van der Waals surface area contributed by atoms with Crippen molar-refractivity contribution in [1.82, 2.24) is 16.0 Å². The Bertz CT molecular complexity index is 830. The molecule has 1 aliphatic rings. The number of amides is 1. The molecule has 0 aromatic heterocycles. The Hall–Kier alpha value is -1.38. The highest BCUT2D eigenvalue weighted by Gasteiger charge is 2.33. The fourth-order valence-corrected chi connectivity index (χ4v) is 4.27. The summed E-state index contributed by atoms with van der Waals surface area (Å²) in [6.45, 7) is 1.02. The molecule has 2 aromatic carbocycles. The molecule has 1 aliphatic heterocycles. The SMILES string of the molecule is O=C(NC[C@H](NC[C@H]1NC[C@H](O)[C@@H]1O)c1ccccc1)c1c(Cl)cc(Cl)cc1Cl. The molecule has 3 rings (SSSR count). The van der Waals surface area contributed by atoms with Gasteiger partial charge in [0.2, 0.25) is 0 Å². The quantitative estimate of drug-likeness (QED) is 0.439. The molecule has 1 amide bonds. The molecule has 156 valence electrons. The van der Waals surface area contributed by atoms with Crippen molar-refractivity contribution in [1.29, 1.82) is 0 Å². The lowest BCUT2D eigenvalue weighted by molar-refractivity contribution is 0.0403. The Morgan fingerprint density at radius 3 is 2.38 bits per heavy atom. The fraction of sp³-hybridized carbons (Fsp3) is 0.350. The molecule has 4 atom stereocenters. The van der Waals surface area contributed by atoms with Crippen molar-refractivity contribution in [3.05, 3.63) is 68.7 Å². The van der Waals surface area contributed by atoms with Gasteiger partial charge in [-0.25, -0.2) is 0 Å². The van der Waals surface area contributed by atoms with Crippen molar-refractivity contribution in [2.45, 2.75) is 24.3 Å². The van der Waals surface area contributed by atoms with Crippen LogP contribution in [0.3, 0.4) is 0 Å². The van der Waals surface area contributed by atoms with Crippen LogP contribution in [-0.2, 0) is 0 Å². The molecule has 1 fully saturated rings. The van der Waals surface area contributed by atoms with E-state index in [-0.39, 0.29) is 34.2 Å². The maximum Gasteiger partial charge on any atom is 0.254 e. The van der Waals surface area contributed by atoms with E-state index >= 15 is 0 Å². The first-order valence-corrected chi connectivity index (χ1v) is 10.3. The Balaban J connectivity index is 1.68. The van der Waals surface area contributed by atoms with Gasteiger partial charge in [0.25, 0.3) is 5.91 Å². The Morgan fingerprint density at radius 2 is 1.79 bits per heavy atom. The lowest BCUT2D eigenvalue weighted by Crippen LogP contribution is -2.45. The lowest BCUT2D eigenvalue weighted by Gasteiger charge is -2.24. The molecular formula is C20H22Cl3N3O3. The van der Waals surface area contributed by atoms with Gasteiger partial charge < -0.3 is 26.2 Å². The average Bonchev–Trinajstić information content (AvgIpc) is 3.00. The number of benzene rings is 2. The van der Waals surface area contributed by atoms with Gasteiger partial charge in [-0.15, -0.1) is 0 Å². The van der Waals surface area contributed by atoms with E-state index in [4.69, 9.17) is 34.8 Å². The van der Waals surface area contributed by atoms with Crippen LogP contribution in [0.5, 0.6) is 0 Å². The molecule has 1 saturated heterocycles. The van der Waals surface area contributed by atoms with Crippen molar-refractivity contribution >= 4 is 40.7 Å². The first-order valence-electron chi connectivity index (χ1n) is 9.17. The monoisotopic (exact) mass is 457 g/mol. The van der Waals surface area contributed by atoms with E-state index in [0.29, 0.717) is 18.1 Å². The summed E-state index contributed by atoms with van der Waals surface area (Å²) < 4.78 is 0. The van der Waals surface area contributed by atoms with E-state index in [0.717, 1.165) is 5.56 Å². The largest absolute Gasteiger partial charge is 0.389 e. The van der Waals surface area contributed by atoms with Gasteiger partial charge in [0.1, 0.15) is 0 Å². The van der Waals surface area contributed by atoms with Crippen molar-refractivity contribution in [3.63, 3.8) is 0 Å². The first kappa shape index (κ1) is 22.3. The van der Waals surface area contributed by atoms with Gasteiger partial charge in [-0.2, -0.15) is 0 Å². The molecule has 0 bridgehead atoms. The summed E-state index contributed by atoms with van der Waals surface area (Å²) in [5.41, 5.74) is 1.13. The predicted molar refractivity (Wildman–Crippen MR) is 115 cm³/mol. The topological polar surface area (TPSA) is 93.6 Å². The highest BCUT2D eigenvalue weighted by atomic mass is 35.5. The summed E-state index contributed by atoms with van der Waals surface area (Å²) >= 11 is 18.2. The summed E-state index contributed by atoms with van der Waals surface area (Å²) in [6, 6.07) is 12.0. The van der Waals surface area contributed by atoms with Crippen molar-refractivity contribution in [2.24, 2.45) is 0 Å². The van der Waals surface area contributed by atoms with Crippen LogP contribution in [0.1, 0.15) is 22.0 Å². The van der Waals surface area contributed by atoms with Crippen LogP contribution in [-0.4, -0.2) is 54.0 Å². The fourth-order valence-electron chi connectivity index (χ4n) is 3.28. The molecule has 29 heavy (non-hydrogen) atoms. The normalized spacial score (nSPS) is 22.4. The number of aliphatic hydroxyl groups is 2. The first-order chi connectivity index (χ1) is 13.9. The molecule has 0 radical (unpaired) electrons. The van der Waals surface area contributed by atoms with Gasteiger partial charge in [0.05, 0.1) is 27.8 Å². The third-order valence-electron chi connectivity index (χ3n) is 4.88. The number of hydrogen-bond acceptors (Lipinski definition) is 5. The molecule has 9 heteroatoms. The minimum Gasteiger partial charge on any atom is -0.389 e. The Labute approximate surface area is 184 Å². The molecule has 6 nitrogen and oxygen atoms in total. The van der Waals surface area contributed by atoms with Crippen LogP contribution in [0.15, 0.2) is 42.5 Å². The molecule has 1 heterocycles. The maximum absolute atomic E-state index is 12.7. The van der Waals surface area contributed by atoms with Gasteiger partial charge in [0.15, 0.2) is 0 Å². The van der Waals surface area contributed by atoms with Gasteiger partial charge in [-0.1, -0.05) is 65.1 Å². The highest BCUT2D eigenvalue weighted by molar-refractivity contribution is 6.42. The number of hydrogen-bond donors (Lipinski definition) is 5. The molecule has 0 saturated carbocycles. The number of carbonyl (C=O) groups excluding carboxylic acids is 1. The zero-order valence-corrected chi connectivity index (χ0v) is 17.7. The predicted octanol–water partition coefficient (Wildman–Crippen LogP) is 2.40. The van der Waals surface area contributed by atoms with Crippen molar-refractivity contribution in [3.8, 4) is 0 Å². The minimum absolute atomic E-state index is 0.167. The maximum atomic E-state index is 12.7. The van der Waals surface area contributed by atoms with Crippen molar-refractivity contribution < 1.29 is 15.0 Å². The van der Waals surface area contributed by atoms with Crippen LogP contribution >= 0.6 is 34.8 Å².